The quantitative estimate of drug-likeness (QED) is 0.752. The van der Waals surface area contributed by atoms with E-state index in [1.54, 1.807) is 4.90 Å². The molecular weight excluding hydrogens is 276 g/mol. The molecule has 0 N–H and O–H groups in total. The SMILES string of the molecule is CC(C)N1CC(C=C(F)B2OC(C)(C)C(C)(C)O2)OC1=O. The molecule has 21 heavy (non-hydrogen) atoms. The highest BCUT2D eigenvalue weighted by atomic mass is 19.1. The molecule has 1 amide bonds. The molecule has 2 saturated heterocycles. The topological polar surface area (TPSA) is 48.0 Å². The highest BCUT2D eigenvalue weighted by Crippen LogP contribution is 2.38. The fourth-order valence-corrected chi connectivity index (χ4v) is 2.22. The maximum absolute atomic E-state index is 14.3. The first-order valence-electron chi connectivity index (χ1n) is 7.23. The van der Waals surface area contributed by atoms with Gasteiger partial charge in [0.15, 0.2) is 0 Å². The predicted molar refractivity (Wildman–Crippen MR) is 77.4 cm³/mol. The summed E-state index contributed by atoms with van der Waals surface area (Å²) in [6.45, 7) is 11.5. The van der Waals surface area contributed by atoms with Crippen molar-refractivity contribution in [2.75, 3.05) is 6.54 Å². The van der Waals surface area contributed by atoms with E-state index in [4.69, 9.17) is 14.0 Å². The van der Waals surface area contributed by atoms with Gasteiger partial charge in [-0.1, -0.05) is 0 Å². The van der Waals surface area contributed by atoms with Crippen LogP contribution in [0, 0.1) is 0 Å². The molecule has 7 heteroatoms. The molecule has 1 unspecified atom stereocenters. The minimum Gasteiger partial charge on any atom is -0.440 e. The van der Waals surface area contributed by atoms with Gasteiger partial charge in [0.1, 0.15) is 11.8 Å². The molecule has 5 nitrogen and oxygen atoms in total. The summed E-state index contributed by atoms with van der Waals surface area (Å²) in [6.07, 6.45) is 0.231. The molecule has 2 aliphatic rings. The molecule has 0 aromatic rings. The predicted octanol–water partition coefficient (Wildman–Crippen LogP) is 2.70. The lowest BCUT2D eigenvalue weighted by atomic mass is 9.87. The van der Waals surface area contributed by atoms with Crippen molar-refractivity contribution in [1.29, 1.82) is 0 Å². The smallest absolute Gasteiger partial charge is 0.440 e. The number of amides is 1. The Morgan fingerprint density at radius 2 is 1.86 bits per heavy atom. The normalized spacial score (nSPS) is 28.5. The first-order valence-corrected chi connectivity index (χ1v) is 7.23. The van der Waals surface area contributed by atoms with Gasteiger partial charge in [-0.05, 0) is 47.6 Å². The average Bonchev–Trinajstić information content (AvgIpc) is 2.77. The highest BCUT2D eigenvalue weighted by Gasteiger charge is 2.53. The largest absolute Gasteiger partial charge is 0.525 e. The standard InChI is InChI=1S/C14H23BFNO4/c1-9(2)17-8-10(19-12(17)18)7-11(16)15-20-13(3,4)14(5,6)21-15/h7,9-10H,8H2,1-6H3. The summed E-state index contributed by atoms with van der Waals surface area (Å²) in [5.74, 6) is 0. The van der Waals surface area contributed by atoms with Gasteiger partial charge in [0.05, 0.1) is 17.7 Å². The van der Waals surface area contributed by atoms with Gasteiger partial charge < -0.3 is 18.9 Å². The fourth-order valence-electron chi connectivity index (χ4n) is 2.22. The highest BCUT2D eigenvalue weighted by molar-refractivity contribution is 6.53. The summed E-state index contributed by atoms with van der Waals surface area (Å²) in [5, 5.41) is 0. The van der Waals surface area contributed by atoms with Crippen LogP contribution in [0.15, 0.2) is 11.8 Å². The molecule has 0 bridgehead atoms. The van der Waals surface area contributed by atoms with Crippen LogP contribution in [0.5, 0.6) is 0 Å². The first-order chi connectivity index (χ1) is 9.53. The van der Waals surface area contributed by atoms with Crippen LogP contribution in [-0.4, -0.2) is 48.0 Å². The van der Waals surface area contributed by atoms with Crippen molar-refractivity contribution in [2.24, 2.45) is 0 Å². The van der Waals surface area contributed by atoms with E-state index in [2.05, 4.69) is 0 Å². The van der Waals surface area contributed by atoms with E-state index in [0.717, 1.165) is 0 Å². The van der Waals surface area contributed by atoms with Gasteiger partial charge in [-0.3, -0.25) is 0 Å². The lowest BCUT2D eigenvalue weighted by Gasteiger charge is -2.32. The summed E-state index contributed by atoms with van der Waals surface area (Å²) in [6, 6.07) is 0.0239. The molecule has 0 aromatic heterocycles. The Labute approximate surface area is 125 Å². The van der Waals surface area contributed by atoms with Gasteiger partial charge in [-0.2, -0.15) is 0 Å². The Kier molecular flexibility index (Phi) is 4.10. The molecule has 0 spiro atoms. The molecular formula is C14H23BFNO4. The van der Waals surface area contributed by atoms with Crippen molar-refractivity contribution in [2.45, 2.75) is 64.9 Å². The van der Waals surface area contributed by atoms with Gasteiger partial charge in [0.25, 0.3) is 0 Å². The molecule has 0 aromatic carbocycles. The number of rotatable bonds is 3. The van der Waals surface area contributed by atoms with E-state index < -0.39 is 36.2 Å². The second-order valence-corrected chi connectivity index (χ2v) is 6.81. The Balaban J connectivity index is 2.05. The fraction of sp³-hybridized carbons (Fsp3) is 0.786. The van der Waals surface area contributed by atoms with Crippen molar-refractivity contribution < 1.29 is 23.2 Å². The van der Waals surface area contributed by atoms with E-state index in [-0.39, 0.29) is 6.04 Å². The Hall–Kier alpha value is -1.08. The third-order valence-electron chi connectivity index (χ3n) is 4.31. The van der Waals surface area contributed by atoms with Crippen molar-refractivity contribution in [3.05, 3.63) is 11.8 Å². The van der Waals surface area contributed by atoms with Crippen molar-refractivity contribution >= 4 is 13.2 Å². The lowest BCUT2D eigenvalue weighted by molar-refractivity contribution is 0.00578. The number of carbonyl (C=O) groups excluding carboxylic acids is 1. The van der Waals surface area contributed by atoms with Crippen LogP contribution < -0.4 is 0 Å². The second kappa shape index (κ2) is 5.28. The monoisotopic (exact) mass is 299 g/mol. The van der Waals surface area contributed by atoms with Gasteiger partial charge in [0.2, 0.25) is 0 Å². The third-order valence-corrected chi connectivity index (χ3v) is 4.31. The number of carbonyl (C=O) groups is 1. The molecule has 1 atom stereocenters. The number of hydrogen-bond acceptors (Lipinski definition) is 4. The van der Waals surface area contributed by atoms with Crippen LogP contribution in [-0.2, 0) is 14.0 Å². The van der Waals surface area contributed by atoms with Crippen LogP contribution >= 0.6 is 0 Å². The molecule has 2 fully saturated rings. The van der Waals surface area contributed by atoms with Gasteiger partial charge >= 0.3 is 13.2 Å². The van der Waals surface area contributed by atoms with E-state index in [1.165, 1.54) is 6.08 Å². The number of ether oxygens (including phenoxy) is 1. The zero-order valence-corrected chi connectivity index (χ0v) is 13.5. The van der Waals surface area contributed by atoms with E-state index in [0.29, 0.717) is 6.54 Å². The summed E-state index contributed by atoms with van der Waals surface area (Å²) in [4.78, 5) is 13.2. The average molecular weight is 299 g/mol. The molecule has 0 saturated carbocycles. The zero-order valence-electron chi connectivity index (χ0n) is 13.5. The van der Waals surface area contributed by atoms with Gasteiger partial charge in [-0.25, -0.2) is 9.18 Å². The molecule has 118 valence electrons. The molecule has 0 radical (unpaired) electrons. The van der Waals surface area contributed by atoms with Gasteiger partial charge in [0, 0.05) is 6.04 Å². The third kappa shape index (κ3) is 3.08. The second-order valence-electron chi connectivity index (χ2n) is 6.81. The Morgan fingerprint density at radius 1 is 1.33 bits per heavy atom. The van der Waals surface area contributed by atoms with E-state index in [1.807, 2.05) is 41.5 Å². The first kappa shape index (κ1) is 16.3. The number of nitrogens with zero attached hydrogens (tertiary/aromatic N) is 1. The van der Waals surface area contributed by atoms with Crippen molar-refractivity contribution in [3.8, 4) is 0 Å². The van der Waals surface area contributed by atoms with Crippen LogP contribution in [0.4, 0.5) is 9.18 Å². The van der Waals surface area contributed by atoms with Gasteiger partial charge in [-0.15, -0.1) is 0 Å². The zero-order chi connectivity index (χ0) is 16.0. The Morgan fingerprint density at radius 3 is 2.29 bits per heavy atom. The van der Waals surface area contributed by atoms with Crippen LogP contribution in [0.25, 0.3) is 0 Å². The van der Waals surface area contributed by atoms with Crippen molar-refractivity contribution in [3.63, 3.8) is 0 Å². The molecule has 2 heterocycles. The van der Waals surface area contributed by atoms with Crippen molar-refractivity contribution in [1.82, 2.24) is 4.90 Å². The van der Waals surface area contributed by atoms with E-state index >= 15 is 0 Å². The number of hydrogen-bond donors (Lipinski definition) is 0. The molecule has 0 aliphatic carbocycles. The number of cyclic esters (lactones) is 1. The number of halogens is 1. The van der Waals surface area contributed by atoms with Crippen LogP contribution in [0.2, 0.25) is 0 Å². The summed E-state index contributed by atoms with van der Waals surface area (Å²) in [5.41, 5.74) is -1.75. The lowest BCUT2D eigenvalue weighted by Crippen LogP contribution is -2.41. The van der Waals surface area contributed by atoms with E-state index in [9.17, 15) is 9.18 Å². The molecule has 2 aliphatic heterocycles. The Bertz CT molecular complexity index is 448. The minimum atomic E-state index is -1.05. The maximum atomic E-state index is 14.3. The van der Waals surface area contributed by atoms with Crippen LogP contribution in [0.1, 0.15) is 41.5 Å². The minimum absolute atomic E-state index is 0.0239. The maximum Gasteiger partial charge on any atom is 0.525 e. The summed E-state index contributed by atoms with van der Waals surface area (Å²) in [7, 11) is -1.05. The molecule has 2 rings (SSSR count). The van der Waals surface area contributed by atoms with Crippen LogP contribution in [0.3, 0.4) is 0 Å². The summed E-state index contributed by atoms with van der Waals surface area (Å²) < 4.78 is 30.7. The summed E-state index contributed by atoms with van der Waals surface area (Å²) >= 11 is 0.